The second-order valence-electron chi connectivity index (χ2n) is 9.04. The first kappa shape index (κ1) is 24.4. The van der Waals surface area contributed by atoms with Crippen LogP contribution in [0.1, 0.15) is 45.5 Å². The van der Waals surface area contributed by atoms with Gasteiger partial charge < -0.3 is 9.88 Å². The summed E-state index contributed by atoms with van der Waals surface area (Å²) in [6.07, 6.45) is -1.04. The SMILES string of the molecule is O=C(NC1(c2ccc(COO)cc2)CC1)c1cc(Cl)cc2ccn(Cc3ccc(C(F)(F)F)cc3)c12. The monoisotopic (exact) mass is 514 g/mol. The molecule has 186 valence electrons. The molecule has 5 rings (SSSR count). The zero-order valence-corrected chi connectivity index (χ0v) is 19.7. The van der Waals surface area contributed by atoms with Crippen LogP contribution < -0.4 is 5.32 Å². The minimum absolute atomic E-state index is 0.0794. The molecule has 1 heterocycles. The number of alkyl halides is 3. The fourth-order valence-corrected chi connectivity index (χ4v) is 4.73. The fraction of sp³-hybridized carbons (Fsp3) is 0.222. The fourth-order valence-electron chi connectivity index (χ4n) is 4.50. The van der Waals surface area contributed by atoms with E-state index >= 15 is 0 Å². The molecule has 1 aliphatic carbocycles. The third-order valence-electron chi connectivity index (χ3n) is 6.54. The van der Waals surface area contributed by atoms with E-state index in [4.69, 9.17) is 16.9 Å². The van der Waals surface area contributed by atoms with Gasteiger partial charge in [0.2, 0.25) is 0 Å². The molecule has 0 bridgehead atoms. The van der Waals surface area contributed by atoms with Gasteiger partial charge in [-0.05, 0) is 59.9 Å². The molecule has 3 aromatic carbocycles. The number of rotatable bonds is 7. The Morgan fingerprint density at radius 3 is 2.31 bits per heavy atom. The molecule has 1 amide bonds. The van der Waals surface area contributed by atoms with Gasteiger partial charge in [-0.25, -0.2) is 4.89 Å². The maximum Gasteiger partial charge on any atom is 0.416 e. The Morgan fingerprint density at radius 2 is 1.69 bits per heavy atom. The van der Waals surface area contributed by atoms with Gasteiger partial charge in [-0.15, -0.1) is 0 Å². The van der Waals surface area contributed by atoms with Crippen molar-refractivity contribution in [3.63, 3.8) is 0 Å². The Labute approximate surface area is 210 Å². The van der Waals surface area contributed by atoms with Crippen LogP contribution in [-0.4, -0.2) is 15.7 Å². The van der Waals surface area contributed by atoms with Crippen molar-refractivity contribution in [1.29, 1.82) is 0 Å². The first-order valence-corrected chi connectivity index (χ1v) is 11.7. The number of hydrogen-bond donors (Lipinski definition) is 2. The highest BCUT2D eigenvalue weighted by molar-refractivity contribution is 6.32. The van der Waals surface area contributed by atoms with E-state index in [1.807, 2.05) is 34.9 Å². The summed E-state index contributed by atoms with van der Waals surface area (Å²) in [5.74, 6) is -0.282. The molecule has 9 heteroatoms. The van der Waals surface area contributed by atoms with Crippen molar-refractivity contribution in [2.24, 2.45) is 0 Å². The average molecular weight is 515 g/mol. The molecule has 1 aromatic heterocycles. The van der Waals surface area contributed by atoms with Gasteiger partial charge in [0.15, 0.2) is 0 Å². The number of amides is 1. The standard InChI is InChI=1S/C27H22ClF3N2O3/c28-22-13-19-9-12-33(15-17-1-7-21(8-2-17)27(29,30)31)24(19)23(14-22)25(34)32-26(10-11-26)20-5-3-18(4-6-20)16-36-35/h1-9,12-14,35H,10-11,15-16H2,(H,32,34). The van der Waals surface area contributed by atoms with Crippen molar-refractivity contribution >= 4 is 28.4 Å². The van der Waals surface area contributed by atoms with Crippen LogP contribution >= 0.6 is 11.6 Å². The molecule has 0 unspecified atom stereocenters. The molecule has 5 nitrogen and oxygen atoms in total. The van der Waals surface area contributed by atoms with Crippen LogP contribution in [0.2, 0.25) is 5.02 Å². The van der Waals surface area contributed by atoms with Crippen LogP contribution in [0, 0.1) is 0 Å². The van der Waals surface area contributed by atoms with Crippen molar-refractivity contribution in [3.05, 3.63) is 106 Å². The van der Waals surface area contributed by atoms with E-state index in [1.54, 1.807) is 18.3 Å². The first-order valence-electron chi connectivity index (χ1n) is 11.3. The lowest BCUT2D eigenvalue weighted by Gasteiger charge is -2.19. The largest absolute Gasteiger partial charge is 0.416 e. The van der Waals surface area contributed by atoms with Crippen LogP contribution in [0.5, 0.6) is 0 Å². The average Bonchev–Trinajstić information content (AvgIpc) is 3.52. The van der Waals surface area contributed by atoms with Gasteiger partial charge in [-0.2, -0.15) is 13.2 Å². The molecule has 0 spiro atoms. The molecule has 1 aliphatic rings. The van der Waals surface area contributed by atoms with Crippen LogP contribution in [-0.2, 0) is 29.8 Å². The van der Waals surface area contributed by atoms with E-state index in [1.165, 1.54) is 12.1 Å². The summed E-state index contributed by atoms with van der Waals surface area (Å²) in [4.78, 5) is 17.7. The molecule has 4 aromatic rings. The Morgan fingerprint density at radius 1 is 1.03 bits per heavy atom. The van der Waals surface area contributed by atoms with E-state index in [2.05, 4.69) is 10.2 Å². The van der Waals surface area contributed by atoms with E-state index < -0.39 is 17.3 Å². The van der Waals surface area contributed by atoms with Gasteiger partial charge in [-0.3, -0.25) is 10.1 Å². The summed E-state index contributed by atoms with van der Waals surface area (Å²) in [5, 5.41) is 13.0. The van der Waals surface area contributed by atoms with Gasteiger partial charge in [0.1, 0.15) is 6.61 Å². The van der Waals surface area contributed by atoms with Crippen molar-refractivity contribution in [1.82, 2.24) is 9.88 Å². The minimum atomic E-state index is -4.40. The van der Waals surface area contributed by atoms with Crippen molar-refractivity contribution in [2.75, 3.05) is 0 Å². The molecule has 0 aliphatic heterocycles. The maximum absolute atomic E-state index is 13.5. The van der Waals surface area contributed by atoms with E-state index in [-0.39, 0.29) is 12.5 Å². The molecule has 2 N–H and O–H groups in total. The first-order chi connectivity index (χ1) is 17.2. The van der Waals surface area contributed by atoms with E-state index in [0.717, 1.165) is 41.5 Å². The van der Waals surface area contributed by atoms with Gasteiger partial charge in [0, 0.05) is 23.2 Å². The topological polar surface area (TPSA) is 63.5 Å². The number of fused-ring (bicyclic) bond motifs is 1. The number of halogens is 4. The maximum atomic E-state index is 13.5. The Kier molecular flexibility index (Phi) is 6.28. The molecule has 1 saturated carbocycles. The molecular formula is C27H22ClF3N2O3. The van der Waals surface area contributed by atoms with Crippen LogP contribution in [0.3, 0.4) is 0 Å². The lowest BCUT2D eigenvalue weighted by Crippen LogP contribution is -2.35. The highest BCUT2D eigenvalue weighted by Crippen LogP contribution is 2.46. The molecule has 0 atom stereocenters. The van der Waals surface area contributed by atoms with E-state index in [9.17, 15) is 18.0 Å². The zero-order chi connectivity index (χ0) is 25.5. The van der Waals surface area contributed by atoms with Crippen LogP contribution in [0.25, 0.3) is 10.9 Å². The molecule has 0 saturated heterocycles. The third kappa shape index (κ3) is 4.84. The van der Waals surface area contributed by atoms with Crippen LogP contribution in [0.4, 0.5) is 13.2 Å². The summed E-state index contributed by atoms with van der Waals surface area (Å²) < 4.78 is 40.6. The summed E-state index contributed by atoms with van der Waals surface area (Å²) in [6, 6.07) is 17.7. The molecule has 1 fully saturated rings. The summed E-state index contributed by atoms with van der Waals surface area (Å²) in [7, 11) is 0. The second kappa shape index (κ2) is 9.28. The van der Waals surface area contributed by atoms with Gasteiger partial charge in [0.05, 0.1) is 22.2 Å². The van der Waals surface area contributed by atoms with Crippen molar-refractivity contribution in [3.8, 4) is 0 Å². The number of nitrogens with one attached hydrogen (secondary N) is 1. The Balaban J connectivity index is 1.43. The summed E-state index contributed by atoms with van der Waals surface area (Å²) >= 11 is 6.32. The summed E-state index contributed by atoms with van der Waals surface area (Å²) in [6.45, 7) is 0.374. The highest BCUT2D eigenvalue weighted by atomic mass is 35.5. The predicted octanol–water partition coefficient (Wildman–Crippen LogP) is 6.77. The van der Waals surface area contributed by atoms with Crippen molar-refractivity contribution in [2.45, 2.75) is 37.7 Å². The van der Waals surface area contributed by atoms with Crippen molar-refractivity contribution < 1.29 is 28.1 Å². The zero-order valence-electron chi connectivity index (χ0n) is 19.0. The molecule has 0 radical (unpaired) electrons. The number of carbonyl (C=O) groups excluding carboxylic acids is 1. The number of aromatic nitrogens is 1. The Bertz CT molecular complexity index is 1410. The van der Waals surface area contributed by atoms with E-state index in [0.29, 0.717) is 28.2 Å². The lowest BCUT2D eigenvalue weighted by molar-refractivity contribution is -0.253. The second-order valence-corrected chi connectivity index (χ2v) is 9.47. The number of hydrogen-bond acceptors (Lipinski definition) is 3. The Hall–Kier alpha value is -3.33. The number of carbonyl (C=O) groups is 1. The number of nitrogens with zero attached hydrogens (tertiary/aromatic N) is 1. The highest BCUT2D eigenvalue weighted by Gasteiger charge is 2.46. The van der Waals surface area contributed by atoms with Gasteiger partial charge in [-0.1, -0.05) is 48.0 Å². The van der Waals surface area contributed by atoms with Crippen LogP contribution in [0.15, 0.2) is 72.9 Å². The molecule has 36 heavy (non-hydrogen) atoms. The van der Waals surface area contributed by atoms with Gasteiger partial charge >= 0.3 is 6.18 Å². The normalized spacial score (nSPS) is 14.7. The number of benzene rings is 3. The van der Waals surface area contributed by atoms with Gasteiger partial charge in [0.25, 0.3) is 5.91 Å². The minimum Gasteiger partial charge on any atom is -0.342 e. The quantitative estimate of drug-likeness (QED) is 0.211. The molecular weight excluding hydrogens is 493 g/mol. The lowest BCUT2D eigenvalue weighted by atomic mass is 10.0. The third-order valence-corrected chi connectivity index (χ3v) is 6.76. The predicted molar refractivity (Wildman–Crippen MR) is 130 cm³/mol. The summed E-state index contributed by atoms with van der Waals surface area (Å²) in [5.41, 5.74) is 2.29. The smallest absolute Gasteiger partial charge is 0.342 e.